The van der Waals surface area contributed by atoms with Crippen molar-refractivity contribution in [2.75, 3.05) is 36.9 Å². The fourth-order valence-electron chi connectivity index (χ4n) is 3.46. The van der Waals surface area contributed by atoms with Crippen LogP contribution in [0.5, 0.6) is 0 Å². The summed E-state index contributed by atoms with van der Waals surface area (Å²) >= 11 is 0. The summed E-state index contributed by atoms with van der Waals surface area (Å²) in [6.07, 6.45) is 4.33. The molecule has 10 nitrogen and oxygen atoms in total. The molecule has 0 unspecified atom stereocenters. The lowest BCUT2D eigenvalue weighted by Crippen LogP contribution is -2.43. The summed E-state index contributed by atoms with van der Waals surface area (Å²) in [5.41, 5.74) is -0.364. The number of amides is 1. The maximum Gasteiger partial charge on any atom is 0.410 e. The lowest BCUT2D eigenvalue weighted by Gasteiger charge is -2.35. The summed E-state index contributed by atoms with van der Waals surface area (Å²) in [5.74, 6) is 1.25. The Labute approximate surface area is 187 Å². The molecule has 1 amide bonds. The lowest BCUT2D eigenvalue weighted by atomic mass is 9.96. The molecule has 32 heavy (non-hydrogen) atoms. The number of ether oxygens (including phenoxy) is 1. The Morgan fingerprint density at radius 2 is 1.91 bits per heavy atom. The molecule has 0 bridgehead atoms. The van der Waals surface area contributed by atoms with Gasteiger partial charge in [-0.1, -0.05) is 0 Å². The molecule has 0 radical (unpaired) electrons. The third-order valence-corrected chi connectivity index (χ3v) is 5.11. The standard InChI is InChI=1S/C22H30N6O4/c1-22(2,3)32-21(31)28-9-7-15(8-10-28)13-27(4)19-11-18(24-14-25-19)26-17-6-5-16(12-23-17)20(29)30/h5-6,11-12,14-15H,7-10,13H2,1-4H3,(H,29,30)(H,23,24,25,26). The Kier molecular flexibility index (Phi) is 7.12. The number of anilines is 3. The van der Waals surface area contributed by atoms with Crippen molar-refractivity contribution in [3.8, 4) is 0 Å². The second-order valence-corrected chi connectivity index (χ2v) is 8.92. The molecule has 1 fully saturated rings. The van der Waals surface area contributed by atoms with E-state index < -0.39 is 11.6 Å². The molecule has 10 heteroatoms. The third kappa shape index (κ3) is 6.53. The van der Waals surface area contributed by atoms with Crippen LogP contribution in [0.25, 0.3) is 0 Å². The number of nitrogens with zero attached hydrogens (tertiary/aromatic N) is 5. The predicted octanol–water partition coefficient (Wildman–Crippen LogP) is 3.40. The van der Waals surface area contributed by atoms with Crippen molar-refractivity contribution in [2.24, 2.45) is 5.92 Å². The van der Waals surface area contributed by atoms with E-state index in [9.17, 15) is 9.59 Å². The van der Waals surface area contributed by atoms with Crippen LogP contribution in [0.4, 0.5) is 22.2 Å². The van der Waals surface area contributed by atoms with Crippen molar-refractivity contribution in [1.82, 2.24) is 19.9 Å². The third-order valence-electron chi connectivity index (χ3n) is 5.11. The molecule has 2 N–H and O–H groups in total. The van der Waals surface area contributed by atoms with Gasteiger partial charge in [-0.15, -0.1) is 0 Å². The van der Waals surface area contributed by atoms with Gasteiger partial charge in [-0.05, 0) is 51.7 Å². The average molecular weight is 443 g/mol. The normalized spacial score (nSPS) is 14.7. The highest BCUT2D eigenvalue weighted by Crippen LogP contribution is 2.23. The highest BCUT2D eigenvalue weighted by Gasteiger charge is 2.27. The van der Waals surface area contributed by atoms with E-state index in [1.54, 1.807) is 11.0 Å². The lowest BCUT2D eigenvalue weighted by molar-refractivity contribution is 0.0186. The minimum Gasteiger partial charge on any atom is -0.478 e. The number of hydrogen-bond acceptors (Lipinski definition) is 8. The zero-order chi connectivity index (χ0) is 23.3. The van der Waals surface area contributed by atoms with Crippen molar-refractivity contribution in [3.63, 3.8) is 0 Å². The van der Waals surface area contributed by atoms with Gasteiger partial charge in [0.2, 0.25) is 0 Å². The summed E-state index contributed by atoms with van der Waals surface area (Å²) in [6, 6.07) is 4.89. The number of pyridine rings is 1. The summed E-state index contributed by atoms with van der Waals surface area (Å²) in [4.78, 5) is 39.7. The fraction of sp³-hybridized carbons (Fsp3) is 0.500. The van der Waals surface area contributed by atoms with Gasteiger partial charge in [-0.2, -0.15) is 0 Å². The van der Waals surface area contributed by atoms with Crippen LogP contribution in [-0.2, 0) is 4.74 Å². The van der Waals surface area contributed by atoms with Crippen molar-refractivity contribution < 1.29 is 19.4 Å². The fourth-order valence-corrected chi connectivity index (χ4v) is 3.46. The number of aromatic carboxylic acids is 1. The van der Waals surface area contributed by atoms with Crippen molar-refractivity contribution >= 4 is 29.5 Å². The molecule has 0 spiro atoms. The predicted molar refractivity (Wildman–Crippen MR) is 120 cm³/mol. The molecule has 0 atom stereocenters. The van der Waals surface area contributed by atoms with Gasteiger partial charge in [0.25, 0.3) is 0 Å². The van der Waals surface area contributed by atoms with Crippen LogP contribution in [0.3, 0.4) is 0 Å². The number of carbonyl (C=O) groups is 2. The van der Waals surface area contributed by atoms with Gasteiger partial charge in [0, 0.05) is 38.9 Å². The highest BCUT2D eigenvalue weighted by atomic mass is 16.6. The van der Waals surface area contributed by atoms with Crippen LogP contribution in [0.2, 0.25) is 0 Å². The number of piperidine rings is 1. The van der Waals surface area contributed by atoms with Crippen LogP contribution >= 0.6 is 0 Å². The van der Waals surface area contributed by atoms with Gasteiger partial charge >= 0.3 is 12.1 Å². The zero-order valence-corrected chi connectivity index (χ0v) is 18.9. The van der Waals surface area contributed by atoms with Crippen molar-refractivity contribution in [3.05, 3.63) is 36.3 Å². The largest absolute Gasteiger partial charge is 0.478 e. The SMILES string of the molecule is CN(CC1CCN(C(=O)OC(C)(C)C)CC1)c1cc(Nc2ccc(C(=O)O)cn2)ncn1. The molecule has 1 saturated heterocycles. The molecule has 0 saturated carbocycles. The minimum atomic E-state index is -1.02. The molecule has 172 valence electrons. The molecule has 1 aliphatic heterocycles. The summed E-state index contributed by atoms with van der Waals surface area (Å²) in [5, 5.41) is 12.0. The van der Waals surface area contributed by atoms with E-state index in [-0.39, 0.29) is 11.7 Å². The van der Waals surface area contributed by atoms with Crippen molar-refractivity contribution in [1.29, 1.82) is 0 Å². The second-order valence-electron chi connectivity index (χ2n) is 8.92. The van der Waals surface area contributed by atoms with Gasteiger partial charge in [-0.25, -0.2) is 24.5 Å². The minimum absolute atomic E-state index is 0.122. The number of likely N-dealkylation sites (tertiary alicyclic amines) is 1. The molecule has 2 aromatic rings. The number of carbonyl (C=O) groups excluding carboxylic acids is 1. The van der Waals surface area contributed by atoms with Crippen LogP contribution < -0.4 is 10.2 Å². The van der Waals surface area contributed by atoms with E-state index in [1.165, 1.54) is 18.6 Å². The Hall–Kier alpha value is -3.43. The van der Waals surface area contributed by atoms with Crippen LogP contribution in [-0.4, -0.2) is 69.3 Å². The smallest absolute Gasteiger partial charge is 0.410 e. The maximum absolute atomic E-state index is 12.2. The van der Waals surface area contributed by atoms with E-state index in [0.29, 0.717) is 30.6 Å². The average Bonchev–Trinajstić information content (AvgIpc) is 2.73. The zero-order valence-electron chi connectivity index (χ0n) is 18.9. The van der Waals surface area contributed by atoms with E-state index in [2.05, 4.69) is 25.2 Å². The topological polar surface area (TPSA) is 121 Å². The Bertz CT molecular complexity index is 936. The Balaban J connectivity index is 1.53. The number of hydrogen-bond donors (Lipinski definition) is 2. The quantitative estimate of drug-likeness (QED) is 0.693. The van der Waals surface area contributed by atoms with E-state index in [0.717, 1.165) is 25.2 Å². The van der Waals surface area contributed by atoms with Gasteiger partial charge in [0.1, 0.15) is 29.4 Å². The van der Waals surface area contributed by atoms with Gasteiger partial charge < -0.3 is 25.0 Å². The van der Waals surface area contributed by atoms with Crippen LogP contribution in [0, 0.1) is 5.92 Å². The van der Waals surface area contributed by atoms with Gasteiger partial charge in [0.05, 0.1) is 5.56 Å². The monoisotopic (exact) mass is 442 g/mol. The molecular formula is C22H30N6O4. The number of carboxylic acid groups (broad SMARTS) is 1. The molecular weight excluding hydrogens is 412 g/mol. The Morgan fingerprint density at radius 1 is 1.19 bits per heavy atom. The molecule has 3 rings (SSSR count). The van der Waals surface area contributed by atoms with Crippen molar-refractivity contribution in [2.45, 2.75) is 39.2 Å². The first-order chi connectivity index (χ1) is 15.1. The summed E-state index contributed by atoms with van der Waals surface area (Å²) < 4.78 is 5.46. The van der Waals surface area contributed by atoms with Crippen LogP contribution in [0.15, 0.2) is 30.7 Å². The first-order valence-corrected chi connectivity index (χ1v) is 10.6. The van der Waals surface area contributed by atoms with Gasteiger partial charge in [-0.3, -0.25) is 0 Å². The highest BCUT2D eigenvalue weighted by molar-refractivity contribution is 5.87. The van der Waals surface area contributed by atoms with Gasteiger partial charge in [0.15, 0.2) is 0 Å². The molecule has 0 aromatic carbocycles. The first-order valence-electron chi connectivity index (χ1n) is 10.6. The molecule has 0 aliphatic carbocycles. The van der Waals surface area contributed by atoms with E-state index in [1.807, 2.05) is 33.9 Å². The molecule has 3 heterocycles. The van der Waals surface area contributed by atoms with E-state index >= 15 is 0 Å². The first kappa shape index (κ1) is 23.2. The number of aromatic nitrogens is 3. The van der Waals surface area contributed by atoms with Crippen LogP contribution in [0.1, 0.15) is 44.0 Å². The maximum atomic E-state index is 12.2. The molecule has 1 aliphatic rings. The summed E-state index contributed by atoms with van der Waals surface area (Å²) in [7, 11) is 1.98. The second kappa shape index (κ2) is 9.80. The van der Waals surface area contributed by atoms with E-state index in [4.69, 9.17) is 9.84 Å². The number of carboxylic acids is 1. The summed E-state index contributed by atoms with van der Waals surface area (Å²) in [6.45, 7) is 7.80. The number of nitrogens with one attached hydrogen (secondary N) is 1. The number of rotatable bonds is 6. The molecule has 2 aromatic heterocycles. The Morgan fingerprint density at radius 3 is 2.50 bits per heavy atom.